The highest BCUT2D eigenvalue weighted by Gasteiger charge is 2.27. The van der Waals surface area contributed by atoms with Crippen molar-refractivity contribution in [2.75, 3.05) is 20.3 Å². The second-order valence-corrected chi connectivity index (χ2v) is 9.59. The van der Waals surface area contributed by atoms with E-state index in [4.69, 9.17) is 14.5 Å². The van der Waals surface area contributed by atoms with Crippen LogP contribution in [0.3, 0.4) is 0 Å². The lowest BCUT2D eigenvalue weighted by molar-refractivity contribution is 0.176. The van der Waals surface area contributed by atoms with E-state index < -0.39 is 0 Å². The summed E-state index contributed by atoms with van der Waals surface area (Å²) in [5.41, 5.74) is 4.39. The van der Waals surface area contributed by atoms with Crippen LogP contribution in [-0.4, -0.2) is 60.5 Å². The van der Waals surface area contributed by atoms with Crippen LogP contribution in [-0.2, 0) is 0 Å². The Morgan fingerprint density at radius 1 is 1.13 bits per heavy atom. The van der Waals surface area contributed by atoms with Gasteiger partial charge in [-0.05, 0) is 46.1 Å². The standard InChI is InChI=1S/C28H34N8O3/c1-5-36-19(3)22-15-20(24(38-4)16-32-22)23-17-35-13-12-31-26(35)27(33-23)39-14-8-6-7-9-21(34-28(36)37)25-18(2)29-10-11-30-25/h10-13,15-17,19,21H,5-9,14H2,1-4H3,(H,34,37)/t19-,21-/m1/s1. The maximum absolute atomic E-state index is 13.6. The van der Waals surface area contributed by atoms with Gasteiger partial charge in [0.05, 0.1) is 54.8 Å². The maximum atomic E-state index is 13.6. The highest BCUT2D eigenvalue weighted by molar-refractivity contribution is 5.75. The SMILES string of the molecule is CCN1C(=O)N[C@@H](c2nccnc2C)CCCCCOc2nc(cn3ccnc23)-c2cc(ncc2OC)[C@H]1C. The summed E-state index contributed by atoms with van der Waals surface area (Å²) in [6, 6.07) is 1.18. The van der Waals surface area contributed by atoms with Gasteiger partial charge in [-0.15, -0.1) is 0 Å². The lowest BCUT2D eigenvalue weighted by Crippen LogP contribution is -2.43. The summed E-state index contributed by atoms with van der Waals surface area (Å²) < 4.78 is 13.7. The minimum Gasteiger partial charge on any atom is -0.494 e. The van der Waals surface area contributed by atoms with E-state index >= 15 is 0 Å². The first-order valence-corrected chi connectivity index (χ1v) is 13.4. The Hall–Kier alpha value is -4.28. The summed E-state index contributed by atoms with van der Waals surface area (Å²) in [5, 5.41) is 3.23. The molecule has 1 aliphatic rings. The third-order valence-electron chi connectivity index (χ3n) is 7.15. The highest BCUT2D eigenvalue weighted by atomic mass is 16.5. The van der Waals surface area contributed by atoms with E-state index in [1.807, 2.05) is 43.6 Å². The van der Waals surface area contributed by atoms with Crippen LogP contribution in [0.25, 0.3) is 16.9 Å². The van der Waals surface area contributed by atoms with Gasteiger partial charge >= 0.3 is 6.03 Å². The van der Waals surface area contributed by atoms with Crippen LogP contribution < -0.4 is 14.8 Å². The minimum atomic E-state index is -0.313. The number of urea groups is 1. The lowest BCUT2D eigenvalue weighted by Gasteiger charge is -2.30. The monoisotopic (exact) mass is 530 g/mol. The molecular formula is C28H34N8O3. The molecule has 0 spiro atoms. The molecule has 4 bridgehead atoms. The number of carbonyl (C=O) groups is 1. The van der Waals surface area contributed by atoms with Crippen LogP contribution in [0, 0.1) is 6.92 Å². The summed E-state index contributed by atoms with van der Waals surface area (Å²) in [7, 11) is 1.60. The van der Waals surface area contributed by atoms with Crippen LogP contribution in [0.15, 0.2) is 43.2 Å². The summed E-state index contributed by atoms with van der Waals surface area (Å²) in [6.45, 7) is 6.85. The largest absolute Gasteiger partial charge is 0.494 e. The van der Waals surface area contributed by atoms with E-state index in [0.29, 0.717) is 41.8 Å². The Labute approximate surface area is 227 Å². The number of imidazole rings is 1. The number of amides is 2. The number of carbonyl (C=O) groups excluding carboxylic acids is 1. The van der Waals surface area contributed by atoms with Crippen molar-refractivity contribution in [3.05, 3.63) is 60.3 Å². The Morgan fingerprint density at radius 2 is 1.97 bits per heavy atom. The van der Waals surface area contributed by atoms with Crippen LogP contribution in [0.5, 0.6) is 11.6 Å². The van der Waals surface area contributed by atoms with Crippen LogP contribution >= 0.6 is 0 Å². The molecule has 2 atom stereocenters. The van der Waals surface area contributed by atoms with E-state index in [0.717, 1.165) is 42.6 Å². The molecule has 39 heavy (non-hydrogen) atoms. The highest BCUT2D eigenvalue weighted by Crippen LogP contribution is 2.33. The molecule has 0 saturated heterocycles. The van der Waals surface area contributed by atoms with Gasteiger partial charge in [0.15, 0.2) is 0 Å². The molecule has 4 aromatic heterocycles. The first-order chi connectivity index (χ1) is 19.0. The van der Waals surface area contributed by atoms with E-state index in [9.17, 15) is 4.79 Å². The first-order valence-electron chi connectivity index (χ1n) is 13.4. The minimum absolute atomic E-state index is 0.174. The zero-order valence-electron chi connectivity index (χ0n) is 22.8. The van der Waals surface area contributed by atoms with Crippen molar-refractivity contribution in [1.82, 2.24) is 39.5 Å². The molecule has 0 unspecified atom stereocenters. The zero-order chi connectivity index (χ0) is 27.4. The quantitative estimate of drug-likeness (QED) is 0.405. The Kier molecular flexibility index (Phi) is 7.85. The number of nitrogens with zero attached hydrogens (tertiary/aromatic N) is 7. The zero-order valence-corrected chi connectivity index (χ0v) is 22.8. The number of methoxy groups -OCH3 is 1. The number of hydrogen-bond donors (Lipinski definition) is 1. The molecule has 1 aliphatic heterocycles. The number of aryl methyl sites for hydroxylation is 1. The van der Waals surface area contributed by atoms with Crippen molar-refractivity contribution in [3.8, 4) is 22.9 Å². The summed E-state index contributed by atoms with van der Waals surface area (Å²) in [5.74, 6) is 1.04. The Bertz CT molecular complexity index is 1460. The van der Waals surface area contributed by atoms with Gasteiger partial charge < -0.3 is 24.1 Å². The van der Waals surface area contributed by atoms with Crippen molar-refractivity contribution < 1.29 is 14.3 Å². The number of hydrogen-bond acceptors (Lipinski definition) is 8. The predicted octanol–water partition coefficient (Wildman–Crippen LogP) is 4.68. The molecule has 11 nitrogen and oxygen atoms in total. The fourth-order valence-electron chi connectivity index (χ4n) is 5.00. The summed E-state index contributed by atoms with van der Waals surface area (Å²) in [6.07, 6.45) is 13.9. The number of pyridine rings is 1. The van der Waals surface area contributed by atoms with Gasteiger partial charge in [0.1, 0.15) is 5.75 Å². The van der Waals surface area contributed by atoms with Crippen molar-refractivity contribution in [2.24, 2.45) is 0 Å². The maximum Gasteiger partial charge on any atom is 0.318 e. The number of rotatable bonds is 3. The van der Waals surface area contributed by atoms with Gasteiger partial charge in [-0.1, -0.05) is 6.42 Å². The normalized spacial score (nSPS) is 18.8. The van der Waals surface area contributed by atoms with E-state index in [1.165, 1.54) is 0 Å². The fraction of sp³-hybridized carbons (Fsp3) is 0.429. The average molecular weight is 531 g/mol. The van der Waals surface area contributed by atoms with Gasteiger partial charge in [0, 0.05) is 43.1 Å². The average Bonchev–Trinajstić information content (AvgIpc) is 3.43. The van der Waals surface area contributed by atoms with E-state index in [1.54, 1.807) is 36.8 Å². The van der Waals surface area contributed by atoms with Gasteiger partial charge in [-0.3, -0.25) is 15.0 Å². The van der Waals surface area contributed by atoms with Gasteiger partial charge in [-0.2, -0.15) is 0 Å². The van der Waals surface area contributed by atoms with Crippen molar-refractivity contribution in [3.63, 3.8) is 0 Å². The molecule has 5 rings (SSSR count). The molecule has 0 aliphatic carbocycles. The second kappa shape index (κ2) is 11.6. The molecular weight excluding hydrogens is 496 g/mol. The third-order valence-corrected chi connectivity index (χ3v) is 7.15. The number of nitrogens with one attached hydrogen (secondary N) is 1. The number of fused-ring (bicyclic) bond motifs is 7. The number of aromatic nitrogens is 6. The van der Waals surface area contributed by atoms with Crippen molar-refractivity contribution in [2.45, 2.75) is 58.5 Å². The Balaban J connectivity index is 1.57. The van der Waals surface area contributed by atoms with Gasteiger partial charge in [0.25, 0.3) is 5.88 Å². The topological polar surface area (TPSA) is 120 Å². The molecule has 2 amide bonds. The molecule has 1 N–H and O–H groups in total. The molecule has 4 aromatic rings. The summed E-state index contributed by atoms with van der Waals surface area (Å²) >= 11 is 0. The van der Waals surface area contributed by atoms with E-state index in [-0.39, 0.29) is 18.1 Å². The number of ether oxygens (including phenoxy) is 2. The fourth-order valence-corrected chi connectivity index (χ4v) is 5.00. The second-order valence-electron chi connectivity index (χ2n) is 9.59. The third kappa shape index (κ3) is 5.47. The molecule has 0 fully saturated rings. The first kappa shape index (κ1) is 26.3. The predicted molar refractivity (Wildman–Crippen MR) is 146 cm³/mol. The smallest absolute Gasteiger partial charge is 0.318 e. The van der Waals surface area contributed by atoms with Crippen LogP contribution in [0.4, 0.5) is 4.79 Å². The van der Waals surface area contributed by atoms with E-state index in [2.05, 4.69) is 25.3 Å². The van der Waals surface area contributed by atoms with Crippen molar-refractivity contribution in [1.29, 1.82) is 0 Å². The Morgan fingerprint density at radius 3 is 2.77 bits per heavy atom. The van der Waals surface area contributed by atoms with Crippen LogP contribution in [0.1, 0.15) is 68.7 Å². The van der Waals surface area contributed by atoms with Gasteiger partial charge in [-0.25, -0.2) is 14.8 Å². The molecule has 0 radical (unpaired) electrons. The molecule has 0 saturated carbocycles. The molecule has 5 heterocycles. The van der Waals surface area contributed by atoms with Gasteiger partial charge in [0.2, 0.25) is 5.65 Å². The molecule has 11 heteroatoms. The molecule has 204 valence electrons. The lowest BCUT2D eigenvalue weighted by atomic mass is 10.0. The molecule has 0 aromatic carbocycles. The van der Waals surface area contributed by atoms with Crippen LogP contribution in [0.2, 0.25) is 0 Å². The summed E-state index contributed by atoms with van der Waals surface area (Å²) in [4.78, 5) is 38.3. The van der Waals surface area contributed by atoms with Crippen molar-refractivity contribution >= 4 is 11.7 Å².